The number of benzene rings is 1. The van der Waals surface area contributed by atoms with Gasteiger partial charge in [-0.1, -0.05) is 18.2 Å². The van der Waals surface area contributed by atoms with Crippen molar-refractivity contribution in [1.82, 2.24) is 15.6 Å². The van der Waals surface area contributed by atoms with E-state index in [-0.39, 0.29) is 24.0 Å². The van der Waals surface area contributed by atoms with E-state index in [1.54, 1.807) is 6.20 Å². The van der Waals surface area contributed by atoms with E-state index in [9.17, 15) is 0 Å². The Morgan fingerprint density at radius 3 is 2.94 bits per heavy atom. The van der Waals surface area contributed by atoms with Gasteiger partial charge in [0.25, 0.3) is 0 Å². The molecule has 0 radical (unpaired) electrons. The molecule has 7 nitrogen and oxygen atoms in total. The molecule has 1 unspecified atom stereocenters. The van der Waals surface area contributed by atoms with Gasteiger partial charge in [-0.3, -0.25) is 4.98 Å². The largest absolute Gasteiger partial charge is 0.487 e. The molecule has 1 aromatic carbocycles. The predicted octanol–water partition coefficient (Wildman–Crippen LogP) is 3.78. The molecule has 8 heteroatoms. The van der Waals surface area contributed by atoms with Crippen LogP contribution in [-0.2, 0) is 22.6 Å². The molecule has 1 saturated heterocycles. The van der Waals surface area contributed by atoms with E-state index in [2.05, 4.69) is 28.6 Å². The Morgan fingerprint density at radius 1 is 1.22 bits per heavy atom. The smallest absolute Gasteiger partial charge is 0.191 e. The van der Waals surface area contributed by atoms with Crippen molar-refractivity contribution in [3.05, 3.63) is 59.9 Å². The minimum atomic E-state index is 0. The predicted molar refractivity (Wildman–Crippen MR) is 138 cm³/mol. The average molecular weight is 554 g/mol. The van der Waals surface area contributed by atoms with Crippen LogP contribution in [0, 0.1) is 5.92 Å². The quantitative estimate of drug-likeness (QED) is 0.180. The first-order chi connectivity index (χ1) is 15.3. The first kappa shape index (κ1) is 26.3. The van der Waals surface area contributed by atoms with Gasteiger partial charge in [0.1, 0.15) is 12.4 Å². The fourth-order valence-electron chi connectivity index (χ4n) is 3.23. The molecule has 1 atom stereocenters. The number of rotatable bonds is 12. The summed E-state index contributed by atoms with van der Waals surface area (Å²) in [5.74, 6) is 2.20. The van der Waals surface area contributed by atoms with Gasteiger partial charge in [-0.2, -0.15) is 0 Å². The molecule has 2 N–H and O–H groups in total. The number of aromatic nitrogens is 1. The third-order valence-corrected chi connectivity index (χ3v) is 4.91. The van der Waals surface area contributed by atoms with Crippen molar-refractivity contribution >= 4 is 29.9 Å². The van der Waals surface area contributed by atoms with Crippen molar-refractivity contribution in [2.24, 2.45) is 10.9 Å². The fourth-order valence-corrected chi connectivity index (χ4v) is 3.23. The summed E-state index contributed by atoms with van der Waals surface area (Å²) in [5.41, 5.74) is 2.00. The van der Waals surface area contributed by atoms with Crippen LogP contribution in [0.2, 0.25) is 0 Å². The van der Waals surface area contributed by atoms with Crippen molar-refractivity contribution in [1.29, 1.82) is 0 Å². The average Bonchev–Trinajstić information content (AvgIpc) is 3.33. The topological polar surface area (TPSA) is 77.0 Å². The number of halogens is 1. The number of pyridine rings is 1. The van der Waals surface area contributed by atoms with E-state index in [0.717, 1.165) is 75.3 Å². The van der Waals surface area contributed by atoms with Gasteiger partial charge in [-0.05, 0) is 49.6 Å². The maximum atomic E-state index is 5.86. The lowest BCUT2D eigenvalue weighted by atomic mass is 10.1. The zero-order chi connectivity index (χ0) is 21.6. The number of hydrogen-bond acceptors (Lipinski definition) is 5. The Balaban J connectivity index is 0.00000363. The summed E-state index contributed by atoms with van der Waals surface area (Å²) in [4.78, 5) is 8.98. The molecule has 0 aliphatic carbocycles. The third kappa shape index (κ3) is 10.1. The Hall–Kier alpha value is -1.91. The molecule has 0 bridgehead atoms. The van der Waals surface area contributed by atoms with E-state index in [1.165, 1.54) is 0 Å². The van der Waals surface area contributed by atoms with Crippen LogP contribution >= 0.6 is 24.0 Å². The van der Waals surface area contributed by atoms with Crippen LogP contribution in [0.15, 0.2) is 53.7 Å². The number of hydrogen-bond donors (Lipinski definition) is 2. The SMILES string of the molecule is CCNC(=NCc1cccc(OCc2ccccn2)c1)NCCCOCC1CCOC1.I. The molecule has 176 valence electrons. The lowest BCUT2D eigenvalue weighted by Crippen LogP contribution is -2.38. The van der Waals surface area contributed by atoms with Crippen LogP contribution in [0.3, 0.4) is 0 Å². The molecular formula is C24H35IN4O3. The highest BCUT2D eigenvalue weighted by molar-refractivity contribution is 14.0. The van der Waals surface area contributed by atoms with Crippen LogP contribution in [0.25, 0.3) is 0 Å². The van der Waals surface area contributed by atoms with E-state index in [1.807, 2.05) is 36.4 Å². The number of guanidine groups is 1. The summed E-state index contributed by atoms with van der Waals surface area (Å²) in [6.07, 6.45) is 3.83. The van der Waals surface area contributed by atoms with Gasteiger partial charge in [0.05, 0.1) is 25.5 Å². The Morgan fingerprint density at radius 2 is 2.16 bits per heavy atom. The molecule has 0 spiro atoms. The second-order valence-corrected chi connectivity index (χ2v) is 7.54. The van der Waals surface area contributed by atoms with E-state index < -0.39 is 0 Å². The van der Waals surface area contributed by atoms with Crippen molar-refractivity contribution in [2.75, 3.05) is 39.5 Å². The number of nitrogens with zero attached hydrogens (tertiary/aromatic N) is 2. The maximum absolute atomic E-state index is 5.86. The minimum absolute atomic E-state index is 0. The number of ether oxygens (including phenoxy) is 3. The number of nitrogens with one attached hydrogen (secondary N) is 2. The second kappa shape index (κ2) is 15.8. The standard InChI is InChI=1S/C24H34N4O3.HI/c1-2-25-24(27-12-6-13-29-17-21-10-14-30-18-21)28-16-20-7-5-9-23(15-20)31-19-22-8-3-4-11-26-22;/h3-5,7-9,11,15,21H,2,6,10,12-14,16-19H2,1H3,(H2,25,27,28);1H. The van der Waals surface area contributed by atoms with E-state index in [4.69, 9.17) is 19.2 Å². The van der Waals surface area contributed by atoms with Crippen LogP contribution < -0.4 is 15.4 Å². The maximum Gasteiger partial charge on any atom is 0.191 e. The highest BCUT2D eigenvalue weighted by atomic mass is 127. The van der Waals surface area contributed by atoms with Crippen molar-refractivity contribution in [3.8, 4) is 5.75 Å². The zero-order valence-electron chi connectivity index (χ0n) is 18.8. The highest BCUT2D eigenvalue weighted by Gasteiger charge is 2.15. The van der Waals surface area contributed by atoms with Crippen LogP contribution in [-0.4, -0.2) is 50.5 Å². The minimum Gasteiger partial charge on any atom is -0.487 e. The van der Waals surface area contributed by atoms with Gasteiger partial charge >= 0.3 is 0 Å². The van der Waals surface area contributed by atoms with Crippen LogP contribution in [0.1, 0.15) is 31.0 Å². The van der Waals surface area contributed by atoms with Crippen molar-refractivity contribution in [2.45, 2.75) is 32.9 Å². The lowest BCUT2D eigenvalue weighted by Gasteiger charge is -2.12. The summed E-state index contributed by atoms with van der Waals surface area (Å²) < 4.78 is 17.0. The second-order valence-electron chi connectivity index (χ2n) is 7.54. The Labute approximate surface area is 208 Å². The van der Waals surface area contributed by atoms with Gasteiger partial charge in [-0.25, -0.2) is 4.99 Å². The normalized spacial score (nSPS) is 15.8. The van der Waals surface area contributed by atoms with Gasteiger partial charge < -0.3 is 24.8 Å². The first-order valence-corrected chi connectivity index (χ1v) is 11.1. The Kier molecular flexibility index (Phi) is 13.0. The number of aliphatic imine (C=N–C) groups is 1. The van der Waals surface area contributed by atoms with Gasteiger partial charge in [0, 0.05) is 38.4 Å². The van der Waals surface area contributed by atoms with Crippen LogP contribution in [0.4, 0.5) is 0 Å². The molecule has 1 fully saturated rings. The highest BCUT2D eigenvalue weighted by Crippen LogP contribution is 2.15. The molecule has 0 saturated carbocycles. The molecule has 3 rings (SSSR count). The molecule has 1 aliphatic rings. The summed E-state index contributed by atoms with van der Waals surface area (Å²) in [6.45, 7) is 7.99. The summed E-state index contributed by atoms with van der Waals surface area (Å²) in [5, 5.41) is 6.67. The van der Waals surface area contributed by atoms with Gasteiger partial charge in [-0.15, -0.1) is 24.0 Å². The first-order valence-electron chi connectivity index (χ1n) is 11.1. The molecule has 0 amide bonds. The molecule has 1 aliphatic heterocycles. The van der Waals surface area contributed by atoms with Gasteiger partial charge in [0.15, 0.2) is 5.96 Å². The van der Waals surface area contributed by atoms with Crippen molar-refractivity contribution < 1.29 is 14.2 Å². The molecule has 1 aromatic heterocycles. The molecule has 32 heavy (non-hydrogen) atoms. The summed E-state index contributed by atoms with van der Waals surface area (Å²) in [7, 11) is 0. The summed E-state index contributed by atoms with van der Waals surface area (Å²) >= 11 is 0. The molecule has 2 aromatic rings. The van der Waals surface area contributed by atoms with E-state index in [0.29, 0.717) is 19.1 Å². The monoisotopic (exact) mass is 554 g/mol. The molecular weight excluding hydrogens is 519 g/mol. The zero-order valence-corrected chi connectivity index (χ0v) is 21.1. The molecule has 2 heterocycles. The van der Waals surface area contributed by atoms with Crippen LogP contribution in [0.5, 0.6) is 5.75 Å². The van der Waals surface area contributed by atoms with Crippen molar-refractivity contribution in [3.63, 3.8) is 0 Å². The van der Waals surface area contributed by atoms with Gasteiger partial charge in [0.2, 0.25) is 0 Å². The summed E-state index contributed by atoms with van der Waals surface area (Å²) in [6, 6.07) is 13.8. The van der Waals surface area contributed by atoms with E-state index >= 15 is 0 Å². The third-order valence-electron chi connectivity index (χ3n) is 4.91. The fraction of sp³-hybridized carbons (Fsp3) is 0.500. The lowest BCUT2D eigenvalue weighted by molar-refractivity contribution is 0.0888. The Bertz CT molecular complexity index is 786.